The van der Waals surface area contributed by atoms with Crippen molar-refractivity contribution in [2.75, 3.05) is 32.8 Å². The second-order valence-corrected chi connectivity index (χ2v) is 7.67. The number of carbonyl (C=O) groups is 2. The van der Waals surface area contributed by atoms with Crippen molar-refractivity contribution in [2.45, 2.75) is 78.6 Å². The van der Waals surface area contributed by atoms with Crippen molar-refractivity contribution >= 4 is 11.9 Å². The second kappa shape index (κ2) is 16.9. The lowest BCUT2D eigenvalue weighted by Gasteiger charge is -2.17. The summed E-state index contributed by atoms with van der Waals surface area (Å²) in [6, 6.07) is 6.73. The standard InChI is InChI=1S/C25H41NO4/c1-4-7-8-9-10-11-12-15-20-29-24(27)22-17-13-14-18-23(22)25(28)30-21-16-19-26(5-2)6-3/h13-14,17-18H,4-12,15-16,19-21H2,1-3H3. The van der Waals surface area contributed by atoms with E-state index in [1.165, 1.54) is 38.5 Å². The maximum Gasteiger partial charge on any atom is 0.339 e. The number of unbranched alkanes of at least 4 members (excludes halogenated alkanes) is 7. The molecule has 1 aromatic rings. The van der Waals surface area contributed by atoms with Gasteiger partial charge in [0.25, 0.3) is 0 Å². The van der Waals surface area contributed by atoms with Gasteiger partial charge in [-0.3, -0.25) is 0 Å². The Balaban J connectivity index is 2.35. The predicted octanol–water partition coefficient (Wildman–Crippen LogP) is 5.87. The number of hydrogen-bond acceptors (Lipinski definition) is 5. The van der Waals surface area contributed by atoms with Gasteiger partial charge in [-0.15, -0.1) is 0 Å². The van der Waals surface area contributed by atoms with Gasteiger partial charge in [0, 0.05) is 6.54 Å². The van der Waals surface area contributed by atoms with Gasteiger partial charge >= 0.3 is 11.9 Å². The van der Waals surface area contributed by atoms with Gasteiger partial charge in [0.1, 0.15) is 0 Å². The summed E-state index contributed by atoms with van der Waals surface area (Å²) in [6.45, 7) is 10.0. The lowest BCUT2D eigenvalue weighted by molar-refractivity contribution is 0.0446. The highest BCUT2D eigenvalue weighted by molar-refractivity contribution is 6.03. The van der Waals surface area contributed by atoms with E-state index in [1.807, 2.05) is 0 Å². The highest BCUT2D eigenvalue weighted by atomic mass is 16.5. The molecular formula is C25H41NO4. The van der Waals surface area contributed by atoms with Gasteiger partial charge in [0.15, 0.2) is 0 Å². The number of benzene rings is 1. The molecule has 5 nitrogen and oxygen atoms in total. The van der Waals surface area contributed by atoms with Crippen LogP contribution in [-0.4, -0.2) is 49.7 Å². The van der Waals surface area contributed by atoms with E-state index in [1.54, 1.807) is 24.3 Å². The Labute approximate surface area is 183 Å². The van der Waals surface area contributed by atoms with E-state index < -0.39 is 11.9 Å². The fraction of sp³-hybridized carbons (Fsp3) is 0.680. The van der Waals surface area contributed by atoms with E-state index in [2.05, 4.69) is 25.7 Å². The smallest absolute Gasteiger partial charge is 0.339 e. The van der Waals surface area contributed by atoms with Gasteiger partial charge in [-0.2, -0.15) is 0 Å². The van der Waals surface area contributed by atoms with Gasteiger partial charge < -0.3 is 14.4 Å². The summed E-state index contributed by atoms with van der Waals surface area (Å²) in [5, 5.41) is 0. The first-order valence-corrected chi connectivity index (χ1v) is 11.8. The molecule has 0 aromatic heterocycles. The van der Waals surface area contributed by atoms with Crippen molar-refractivity contribution < 1.29 is 19.1 Å². The number of carbonyl (C=O) groups excluding carboxylic acids is 2. The minimum Gasteiger partial charge on any atom is -0.462 e. The highest BCUT2D eigenvalue weighted by Gasteiger charge is 2.18. The maximum absolute atomic E-state index is 12.4. The van der Waals surface area contributed by atoms with Gasteiger partial charge in [0.05, 0.1) is 24.3 Å². The molecule has 5 heteroatoms. The number of rotatable bonds is 17. The van der Waals surface area contributed by atoms with Crippen LogP contribution in [-0.2, 0) is 9.47 Å². The van der Waals surface area contributed by atoms with E-state index in [4.69, 9.17) is 9.47 Å². The zero-order valence-corrected chi connectivity index (χ0v) is 19.3. The summed E-state index contributed by atoms with van der Waals surface area (Å²) in [4.78, 5) is 27.2. The number of esters is 2. The molecule has 30 heavy (non-hydrogen) atoms. The Morgan fingerprint density at radius 3 is 1.67 bits per heavy atom. The van der Waals surface area contributed by atoms with E-state index in [9.17, 15) is 9.59 Å². The number of hydrogen-bond donors (Lipinski definition) is 0. The maximum atomic E-state index is 12.4. The predicted molar refractivity (Wildman–Crippen MR) is 122 cm³/mol. The monoisotopic (exact) mass is 419 g/mol. The first-order valence-electron chi connectivity index (χ1n) is 11.8. The van der Waals surface area contributed by atoms with Crippen LogP contribution in [0.2, 0.25) is 0 Å². The summed E-state index contributed by atoms with van der Waals surface area (Å²) in [7, 11) is 0. The molecule has 1 aromatic carbocycles. The van der Waals surface area contributed by atoms with Crippen molar-refractivity contribution in [3.8, 4) is 0 Å². The first kappa shape index (κ1) is 26.2. The molecule has 1 rings (SSSR count). The molecule has 0 saturated carbocycles. The third-order valence-electron chi connectivity index (χ3n) is 5.34. The van der Waals surface area contributed by atoms with Crippen LogP contribution in [0.1, 0.15) is 99.3 Å². The third kappa shape index (κ3) is 10.8. The molecule has 0 N–H and O–H groups in total. The highest BCUT2D eigenvalue weighted by Crippen LogP contribution is 2.13. The van der Waals surface area contributed by atoms with Gasteiger partial charge in [-0.1, -0.05) is 77.8 Å². The lowest BCUT2D eigenvalue weighted by Crippen LogP contribution is -2.25. The molecule has 0 bridgehead atoms. The van der Waals surface area contributed by atoms with E-state index >= 15 is 0 Å². The Kier molecular flexibility index (Phi) is 14.7. The van der Waals surface area contributed by atoms with Crippen molar-refractivity contribution in [2.24, 2.45) is 0 Å². The Morgan fingerprint density at radius 1 is 0.700 bits per heavy atom. The summed E-state index contributed by atoms with van der Waals surface area (Å²) in [5.41, 5.74) is 0.562. The quantitative estimate of drug-likeness (QED) is 0.233. The minimum atomic E-state index is -0.464. The largest absolute Gasteiger partial charge is 0.462 e. The van der Waals surface area contributed by atoms with Crippen LogP contribution in [0.5, 0.6) is 0 Å². The van der Waals surface area contributed by atoms with Crippen LogP contribution < -0.4 is 0 Å². The van der Waals surface area contributed by atoms with E-state index in [0.717, 1.165) is 38.9 Å². The Bertz CT molecular complexity index is 599. The van der Waals surface area contributed by atoms with Crippen LogP contribution in [0.4, 0.5) is 0 Å². The van der Waals surface area contributed by atoms with Gasteiger partial charge in [-0.05, 0) is 38.1 Å². The molecule has 0 radical (unpaired) electrons. The topological polar surface area (TPSA) is 55.8 Å². The normalized spacial score (nSPS) is 10.9. The van der Waals surface area contributed by atoms with Crippen LogP contribution in [0, 0.1) is 0 Å². The third-order valence-corrected chi connectivity index (χ3v) is 5.34. The summed E-state index contributed by atoms with van der Waals surface area (Å²) < 4.78 is 10.8. The zero-order valence-electron chi connectivity index (χ0n) is 19.3. The molecule has 0 fully saturated rings. The fourth-order valence-corrected chi connectivity index (χ4v) is 3.39. The molecular weight excluding hydrogens is 378 g/mol. The van der Waals surface area contributed by atoms with Crippen LogP contribution in [0.15, 0.2) is 24.3 Å². The van der Waals surface area contributed by atoms with Crippen molar-refractivity contribution in [3.05, 3.63) is 35.4 Å². The molecule has 170 valence electrons. The molecule has 0 aliphatic carbocycles. The molecule has 0 heterocycles. The Morgan fingerprint density at radius 2 is 1.17 bits per heavy atom. The zero-order chi connectivity index (χ0) is 22.0. The SMILES string of the molecule is CCCCCCCCCCOC(=O)c1ccccc1C(=O)OCCCN(CC)CC. The molecule has 0 aliphatic rings. The average Bonchev–Trinajstić information content (AvgIpc) is 2.77. The summed E-state index contributed by atoms with van der Waals surface area (Å²) >= 11 is 0. The van der Waals surface area contributed by atoms with Crippen molar-refractivity contribution in [3.63, 3.8) is 0 Å². The molecule has 0 saturated heterocycles. The fourth-order valence-electron chi connectivity index (χ4n) is 3.39. The van der Waals surface area contributed by atoms with E-state index in [0.29, 0.717) is 13.2 Å². The van der Waals surface area contributed by atoms with Crippen LogP contribution >= 0.6 is 0 Å². The summed E-state index contributed by atoms with van der Waals surface area (Å²) in [6.07, 6.45) is 10.3. The molecule has 0 amide bonds. The average molecular weight is 420 g/mol. The Hall–Kier alpha value is -1.88. The van der Waals surface area contributed by atoms with Crippen molar-refractivity contribution in [1.82, 2.24) is 4.90 Å². The number of ether oxygens (including phenoxy) is 2. The first-order chi connectivity index (χ1) is 14.6. The van der Waals surface area contributed by atoms with Crippen LogP contribution in [0.3, 0.4) is 0 Å². The van der Waals surface area contributed by atoms with Crippen LogP contribution in [0.25, 0.3) is 0 Å². The summed E-state index contributed by atoms with van der Waals surface area (Å²) in [5.74, 6) is -0.914. The lowest BCUT2D eigenvalue weighted by atomic mass is 10.1. The molecule has 0 spiro atoms. The van der Waals surface area contributed by atoms with Gasteiger partial charge in [0.2, 0.25) is 0 Å². The minimum absolute atomic E-state index is 0.279. The number of nitrogens with zero attached hydrogens (tertiary/aromatic N) is 1. The van der Waals surface area contributed by atoms with Gasteiger partial charge in [-0.25, -0.2) is 9.59 Å². The second-order valence-electron chi connectivity index (χ2n) is 7.67. The van der Waals surface area contributed by atoms with Crippen molar-refractivity contribution in [1.29, 1.82) is 0 Å². The molecule has 0 aliphatic heterocycles. The molecule has 0 unspecified atom stereocenters. The molecule has 0 atom stereocenters. The van der Waals surface area contributed by atoms with E-state index in [-0.39, 0.29) is 11.1 Å².